The molecule has 0 bridgehead atoms. The standard InChI is InChI=1S/C16H17ClN2O2/c1-2-15(20)18-9-3-4-11-21-14-8-7-13(17)12-6-5-10-19-16(12)14/h2,5-8,10H,1,3-4,9,11H2,(H,18,20). The maximum Gasteiger partial charge on any atom is 0.243 e. The summed E-state index contributed by atoms with van der Waals surface area (Å²) in [4.78, 5) is 15.3. The first-order valence-corrected chi connectivity index (χ1v) is 7.16. The number of carbonyl (C=O) groups excluding carboxylic acids is 1. The van der Waals surface area contributed by atoms with E-state index >= 15 is 0 Å². The highest BCUT2D eigenvalue weighted by Crippen LogP contribution is 2.29. The highest BCUT2D eigenvalue weighted by atomic mass is 35.5. The van der Waals surface area contributed by atoms with Crippen molar-refractivity contribution >= 4 is 28.4 Å². The molecule has 0 atom stereocenters. The van der Waals surface area contributed by atoms with Crippen molar-refractivity contribution in [2.75, 3.05) is 13.2 Å². The first-order valence-electron chi connectivity index (χ1n) is 6.78. The minimum absolute atomic E-state index is 0.149. The third-order valence-corrected chi connectivity index (χ3v) is 3.32. The van der Waals surface area contributed by atoms with Crippen molar-refractivity contribution in [1.29, 1.82) is 0 Å². The Bertz CT molecular complexity index is 643. The number of carbonyl (C=O) groups is 1. The number of unbranched alkanes of at least 4 members (excludes halogenated alkanes) is 1. The van der Waals surface area contributed by atoms with Crippen LogP contribution in [0.15, 0.2) is 43.1 Å². The molecule has 110 valence electrons. The third kappa shape index (κ3) is 4.20. The van der Waals surface area contributed by atoms with Crippen molar-refractivity contribution < 1.29 is 9.53 Å². The molecule has 2 aromatic rings. The molecule has 1 aromatic heterocycles. The van der Waals surface area contributed by atoms with Gasteiger partial charge in [0, 0.05) is 18.1 Å². The molecule has 0 saturated heterocycles. The summed E-state index contributed by atoms with van der Waals surface area (Å²) >= 11 is 6.13. The molecule has 0 aliphatic heterocycles. The molecule has 4 nitrogen and oxygen atoms in total. The normalized spacial score (nSPS) is 10.3. The van der Waals surface area contributed by atoms with E-state index in [1.54, 1.807) is 6.20 Å². The molecular weight excluding hydrogens is 288 g/mol. The molecule has 0 spiro atoms. The number of aromatic nitrogens is 1. The molecular formula is C16H17ClN2O2. The van der Waals surface area contributed by atoms with Crippen molar-refractivity contribution in [2.24, 2.45) is 0 Å². The maximum atomic E-state index is 11.0. The van der Waals surface area contributed by atoms with Crippen molar-refractivity contribution in [1.82, 2.24) is 10.3 Å². The van der Waals surface area contributed by atoms with Gasteiger partial charge in [0.1, 0.15) is 11.3 Å². The molecule has 1 aromatic carbocycles. The lowest BCUT2D eigenvalue weighted by Crippen LogP contribution is -2.22. The van der Waals surface area contributed by atoms with Gasteiger partial charge in [0.2, 0.25) is 5.91 Å². The van der Waals surface area contributed by atoms with Crippen LogP contribution in [-0.2, 0) is 4.79 Å². The van der Waals surface area contributed by atoms with Gasteiger partial charge in [0.25, 0.3) is 0 Å². The molecule has 0 fully saturated rings. The van der Waals surface area contributed by atoms with Crippen molar-refractivity contribution in [3.8, 4) is 5.75 Å². The maximum absolute atomic E-state index is 11.0. The van der Waals surface area contributed by atoms with E-state index in [9.17, 15) is 4.79 Å². The first kappa shape index (κ1) is 15.3. The Labute approximate surface area is 128 Å². The van der Waals surface area contributed by atoms with Gasteiger partial charge in [0.05, 0.1) is 11.6 Å². The van der Waals surface area contributed by atoms with Crippen LogP contribution in [0.25, 0.3) is 10.9 Å². The second-order valence-electron chi connectivity index (χ2n) is 4.50. The van der Waals surface area contributed by atoms with Crippen LogP contribution in [0.4, 0.5) is 0 Å². The van der Waals surface area contributed by atoms with E-state index in [2.05, 4.69) is 16.9 Å². The molecule has 1 heterocycles. The van der Waals surface area contributed by atoms with Gasteiger partial charge >= 0.3 is 0 Å². The summed E-state index contributed by atoms with van der Waals surface area (Å²) in [6, 6.07) is 7.41. The average molecular weight is 305 g/mol. The lowest BCUT2D eigenvalue weighted by molar-refractivity contribution is -0.116. The second kappa shape index (κ2) is 7.64. The van der Waals surface area contributed by atoms with Gasteiger partial charge in [0.15, 0.2) is 0 Å². The lowest BCUT2D eigenvalue weighted by atomic mass is 10.2. The zero-order valence-electron chi connectivity index (χ0n) is 11.6. The first-order chi connectivity index (χ1) is 10.2. The van der Waals surface area contributed by atoms with Crippen LogP contribution in [0.5, 0.6) is 5.75 Å². The summed E-state index contributed by atoms with van der Waals surface area (Å²) in [6.45, 7) is 4.58. The fourth-order valence-electron chi connectivity index (χ4n) is 1.92. The van der Waals surface area contributed by atoms with E-state index in [1.165, 1.54) is 6.08 Å². The Hall–Kier alpha value is -2.07. The zero-order valence-corrected chi connectivity index (χ0v) is 12.4. The monoisotopic (exact) mass is 304 g/mol. The molecule has 0 aliphatic carbocycles. The molecule has 0 radical (unpaired) electrons. The summed E-state index contributed by atoms with van der Waals surface area (Å²) in [5.41, 5.74) is 0.768. The molecule has 1 amide bonds. The Balaban J connectivity index is 1.85. The van der Waals surface area contributed by atoms with Crippen LogP contribution in [0.3, 0.4) is 0 Å². The fourth-order valence-corrected chi connectivity index (χ4v) is 2.14. The van der Waals surface area contributed by atoms with E-state index in [0.717, 1.165) is 29.5 Å². The molecule has 0 unspecified atom stereocenters. The van der Waals surface area contributed by atoms with E-state index in [4.69, 9.17) is 16.3 Å². The quantitative estimate of drug-likeness (QED) is 0.630. The van der Waals surface area contributed by atoms with E-state index in [1.807, 2.05) is 24.3 Å². The van der Waals surface area contributed by atoms with Gasteiger partial charge in [-0.15, -0.1) is 0 Å². The molecule has 0 saturated carbocycles. The predicted molar refractivity (Wildman–Crippen MR) is 84.7 cm³/mol. The van der Waals surface area contributed by atoms with E-state index in [-0.39, 0.29) is 5.91 Å². The topological polar surface area (TPSA) is 51.2 Å². The van der Waals surface area contributed by atoms with Crippen molar-refractivity contribution in [2.45, 2.75) is 12.8 Å². The SMILES string of the molecule is C=CC(=O)NCCCCOc1ccc(Cl)c2cccnc12. The van der Waals surface area contributed by atoms with Crippen LogP contribution in [-0.4, -0.2) is 24.0 Å². The number of halogens is 1. The van der Waals surface area contributed by atoms with Gasteiger partial charge in [-0.1, -0.05) is 18.2 Å². The molecule has 0 aliphatic rings. The Kier molecular flexibility index (Phi) is 5.58. The minimum atomic E-state index is -0.149. The van der Waals surface area contributed by atoms with Gasteiger partial charge in [-0.2, -0.15) is 0 Å². The fraction of sp³-hybridized carbons (Fsp3) is 0.250. The van der Waals surface area contributed by atoms with E-state index in [0.29, 0.717) is 18.2 Å². The number of hydrogen-bond donors (Lipinski definition) is 1. The molecule has 21 heavy (non-hydrogen) atoms. The summed E-state index contributed by atoms with van der Waals surface area (Å²) in [5, 5.41) is 4.27. The minimum Gasteiger partial charge on any atom is -0.491 e. The number of pyridine rings is 1. The number of rotatable bonds is 7. The summed E-state index contributed by atoms with van der Waals surface area (Å²) < 4.78 is 5.75. The Morgan fingerprint density at radius 2 is 2.24 bits per heavy atom. The van der Waals surface area contributed by atoms with Gasteiger partial charge in [-0.05, 0) is 43.2 Å². The summed E-state index contributed by atoms with van der Waals surface area (Å²) in [5.74, 6) is 0.578. The van der Waals surface area contributed by atoms with Crippen LogP contribution in [0.1, 0.15) is 12.8 Å². The molecule has 1 N–H and O–H groups in total. The van der Waals surface area contributed by atoms with Gasteiger partial charge < -0.3 is 10.1 Å². The van der Waals surface area contributed by atoms with Crippen molar-refractivity contribution in [3.05, 3.63) is 48.1 Å². The number of hydrogen-bond acceptors (Lipinski definition) is 3. The summed E-state index contributed by atoms with van der Waals surface area (Å²) in [7, 11) is 0. The lowest BCUT2D eigenvalue weighted by Gasteiger charge is -2.09. The predicted octanol–water partition coefficient (Wildman–Crippen LogP) is 3.35. The van der Waals surface area contributed by atoms with Crippen LogP contribution in [0, 0.1) is 0 Å². The number of ether oxygens (including phenoxy) is 1. The van der Waals surface area contributed by atoms with Crippen LogP contribution < -0.4 is 10.1 Å². The largest absolute Gasteiger partial charge is 0.491 e. The highest BCUT2D eigenvalue weighted by Gasteiger charge is 2.06. The van der Waals surface area contributed by atoms with Crippen molar-refractivity contribution in [3.63, 3.8) is 0 Å². The Morgan fingerprint density at radius 3 is 3.05 bits per heavy atom. The number of nitrogens with zero attached hydrogens (tertiary/aromatic N) is 1. The zero-order chi connectivity index (χ0) is 15.1. The van der Waals surface area contributed by atoms with E-state index < -0.39 is 0 Å². The third-order valence-electron chi connectivity index (χ3n) is 2.99. The second-order valence-corrected chi connectivity index (χ2v) is 4.90. The smallest absolute Gasteiger partial charge is 0.243 e. The summed E-state index contributed by atoms with van der Waals surface area (Å²) in [6.07, 6.45) is 4.67. The molecule has 2 rings (SSSR count). The number of benzene rings is 1. The van der Waals surface area contributed by atoms with Crippen LogP contribution in [0.2, 0.25) is 5.02 Å². The van der Waals surface area contributed by atoms with Crippen LogP contribution >= 0.6 is 11.6 Å². The Morgan fingerprint density at radius 1 is 1.38 bits per heavy atom. The van der Waals surface area contributed by atoms with Gasteiger partial charge in [-0.25, -0.2) is 0 Å². The number of fused-ring (bicyclic) bond motifs is 1. The molecule has 5 heteroatoms. The average Bonchev–Trinajstić information content (AvgIpc) is 2.52. The number of nitrogens with one attached hydrogen (secondary N) is 1. The number of amides is 1. The highest BCUT2D eigenvalue weighted by molar-refractivity contribution is 6.35. The van der Waals surface area contributed by atoms with Gasteiger partial charge in [-0.3, -0.25) is 9.78 Å².